The maximum absolute atomic E-state index is 6.82. The summed E-state index contributed by atoms with van der Waals surface area (Å²) in [7, 11) is 1.92. The molecule has 4 aromatic rings. The molecule has 184 valence electrons. The highest BCUT2D eigenvalue weighted by molar-refractivity contribution is 6.33. The maximum atomic E-state index is 6.82. The van der Waals surface area contributed by atoms with E-state index in [0.29, 0.717) is 24.2 Å². The minimum Gasteiger partial charge on any atom is -0.377 e. The number of hydrogen-bond acceptors (Lipinski definition) is 7. The van der Waals surface area contributed by atoms with Crippen molar-refractivity contribution in [2.45, 2.75) is 45.4 Å². The number of aryl methyl sites for hydroxylation is 2. The van der Waals surface area contributed by atoms with Gasteiger partial charge in [0.2, 0.25) is 0 Å². The fraction of sp³-hybridized carbons (Fsp3) is 0.500. The van der Waals surface area contributed by atoms with Crippen molar-refractivity contribution in [3.63, 3.8) is 0 Å². The smallest absolute Gasteiger partial charge is 0.181 e. The van der Waals surface area contributed by atoms with Crippen molar-refractivity contribution in [1.29, 1.82) is 0 Å². The normalized spacial score (nSPS) is 21.2. The number of morpholine rings is 1. The first kappa shape index (κ1) is 22.5. The average Bonchev–Trinajstić information content (AvgIpc) is 3.56. The van der Waals surface area contributed by atoms with Crippen LogP contribution >= 0.6 is 11.6 Å². The molecule has 10 nitrogen and oxygen atoms in total. The van der Waals surface area contributed by atoms with Crippen molar-refractivity contribution in [3.8, 4) is 22.8 Å². The zero-order valence-electron chi connectivity index (χ0n) is 20.2. The van der Waals surface area contributed by atoms with Gasteiger partial charge in [-0.15, -0.1) is 5.10 Å². The van der Waals surface area contributed by atoms with E-state index in [4.69, 9.17) is 36.3 Å². The van der Waals surface area contributed by atoms with Crippen LogP contribution in [0.1, 0.15) is 38.1 Å². The number of rotatable bonds is 4. The molecule has 1 unspecified atom stereocenters. The zero-order chi connectivity index (χ0) is 24.1. The van der Waals surface area contributed by atoms with Crippen molar-refractivity contribution in [1.82, 2.24) is 34.2 Å². The summed E-state index contributed by atoms with van der Waals surface area (Å²) in [6.07, 6.45) is 4.75. The highest BCUT2D eigenvalue weighted by atomic mass is 35.5. The summed E-state index contributed by atoms with van der Waals surface area (Å²) in [5.74, 6) is 1.49. The average molecular weight is 497 g/mol. The Bertz CT molecular complexity index is 1370. The van der Waals surface area contributed by atoms with Crippen molar-refractivity contribution >= 4 is 22.9 Å². The SMILES string of the molecule is Cc1cc(-c2nc(Cl)c3c(-c4ccnn4C)cc(N4CCOC[C@H]4C)nn23)n(C2CCCCO2)n1. The first-order valence-electron chi connectivity index (χ1n) is 12.1. The van der Waals surface area contributed by atoms with Crippen molar-refractivity contribution < 1.29 is 9.47 Å². The van der Waals surface area contributed by atoms with Gasteiger partial charge in [0.1, 0.15) is 11.2 Å². The Morgan fingerprint density at radius 3 is 2.74 bits per heavy atom. The lowest BCUT2D eigenvalue weighted by Gasteiger charge is -2.34. The van der Waals surface area contributed by atoms with Gasteiger partial charge < -0.3 is 14.4 Å². The molecule has 2 saturated heterocycles. The Morgan fingerprint density at radius 1 is 1.11 bits per heavy atom. The molecule has 0 aromatic carbocycles. The molecule has 0 saturated carbocycles. The topological polar surface area (TPSA) is 87.5 Å². The van der Waals surface area contributed by atoms with Crippen LogP contribution in [0.15, 0.2) is 24.4 Å². The molecule has 0 bridgehead atoms. The van der Waals surface area contributed by atoms with E-state index in [1.54, 1.807) is 6.20 Å². The highest BCUT2D eigenvalue weighted by Gasteiger charge is 2.28. The van der Waals surface area contributed by atoms with Gasteiger partial charge >= 0.3 is 0 Å². The molecular weight excluding hydrogens is 468 g/mol. The molecule has 2 aliphatic rings. The standard InChI is InChI=1S/C24H29ClN8O2/c1-15-12-19(32(28-15)21-6-4-5-10-35-21)24-27-23(25)22-17(18-7-8-26-30(18)3)13-20(29-33(22)24)31-9-11-34-14-16(31)2/h7-8,12-13,16,21H,4-6,9-11,14H2,1-3H3/t16-,21?/m1/s1. The molecule has 2 fully saturated rings. The molecule has 2 atom stereocenters. The minimum absolute atomic E-state index is 0.127. The molecule has 0 N–H and O–H groups in total. The summed E-state index contributed by atoms with van der Waals surface area (Å²) in [5, 5.41) is 14.6. The van der Waals surface area contributed by atoms with Gasteiger partial charge in [-0.2, -0.15) is 10.2 Å². The molecule has 4 aromatic heterocycles. The molecule has 0 amide bonds. The third-order valence-electron chi connectivity index (χ3n) is 6.82. The maximum Gasteiger partial charge on any atom is 0.181 e. The van der Waals surface area contributed by atoms with E-state index in [1.165, 1.54) is 0 Å². The first-order chi connectivity index (χ1) is 17.0. The summed E-state index contributed by atoms with van der Waals surface area (Å²) >= 11 is 6.82. The van der Waals surface area contributed by atoms with Crippen LogP contribution in [0.3, 0.4) is 0 Å². The number of ether oxygens (including phenoxy) is 2. The molecule has 2 aliphatic heterocycles. The second kappa shape index (κ2) is 8.92. The number of aromatic nitrogens is 7. The van der Waals surface area contributed by atoms with Crippen LogP contribution in [0.5, 0.6) is 0 Å². The highest BCUT2D eigenvalue weighted by Crippen LogP contribution is 2.37. The fourth-order valence-corrected chi connectivity index (χ4v) is 5.33. The quantitative estimate of drug-likeness (QED) is 0.423. The van der Waals surface area contributed by atoms with Gasteiger partial charge in [0.15, 0.2) is 23.0 Å². The van der Waals surface area contributed by atoms with Crippen molar-refractivity contribution in [2.24, 2.45) is 7.05 Å². The van der Waals surface area contributed by atoms with Crippen LogP contribution < -0.4 is 4.90 Å². The van der Waals surface area contributed by atoms with Gasteiger partial charge in [-0.05, 0) is 51.3 Å². The number of halogens is 1. The third-order valence-corrected chi connectivity index (χ3v) is 7.08. The molecule has 35 heavy (non-hydrogen) atoms. The Labute approximate surface area is 208 Å². The van der Waals surface area contributed by atoms with Crippen LogP contribution in [-0.4, -0.2) is 66.6 Å². The van der Waals surface area contributed by atoms with E-state index >= 15 is 0 Å². The second-order valence-corrected chi connectivity index (χ2v) is 9.65. The number of hydrogen-bond donors (Lipinski definition) is 0. The molecule has 6 rings (SSSR count). The number of anilines is 1. The van der Waals surface area contributed by atoms with Gasteiger partial charge in [0.25, 0.3) is 0 Å². The Balaban J connectivity index is 1.59. The number of fused-ring (bicyclic) bond motifs is 1. The summed E-state index contributed by atoms with van der Waals surface area (Å²) in [4.78, 5) is 7.08. The Kier molecular flexibility index (Phi) is 5.74. The van der Waals surface area contributed by atoms with Crippen molar-refractivity contribution in [2.75, 3.05) is 31.3 Å². The fourth-order valence-electron chi connectivity index (χ4n) is 5.06. The predicted molar refractivity (Wildman–Crippen MR) is 133 cm³/mol. The summed E-state index contributed by atoms with van der Waals surface area (Å²) < 4.78 is 17.4. The predicted octanol–water partition coefficient (Wildman–Crippen LogP) is 3.88. The summed E-state index contributed by atoms with van der Waals surface area (Å²) in [6, 6.07) is 6.28. The van der Waals surface area contributed by atoms with Gasteiger partial charge in [0, 0.05) is 32.0 Å². The number of nitrogens with zero attached hydrogens (tertiary/aromatic N) is 8. The van der Waals surface area contributed by atoms with E-state index in [1.807, 2.05) is 40.0 Å². The van der Waals surface area contributed by atoms with Crippen LogP contribution in [0.4, 0.5) is 5.82 Å². The van der Waals surface area contributed by atoms with Gasteiger partial charge in [0.05, 0.1) is 30.6 Å². The summed E-state index contributed by atoms with van der Waals surface area (Å²) in [5.41, 5.74) is 4.34. The largest absolute Gasteiger partial charge is 0.377 e. The van der Waals surface area contributed by atoms with E-state index in [-0.39, 0.29) is 12.3 Å². The minimum atomic E-state index is -0.127. The van der Waals surface area contributed by atoms with Crippen LogP contribution in [-0.2, 0) is 16.5 Å². The number of imidazole rings is 1. The second-order valence-electron chi connectivity index (χ2n) is 9.30. The lowest BCUT2D eigenvalue weighted by molar-refractivity contribution is -0.0386. The molecule has 0 spiro atoms. The van der Waals surface area contributed by atoms with Crippen LogP contribution in [0.25, 0.3) is 28.3 Å². The molecule has 0 aliphatic carbocycles. The van der Waals surface area contributed by atoms with E-state index < -0.39 is 0 Å². The summed E-state index contributed by atoms with van der Waals surface area (Å²) in [6.45, 7) is 6.94. The van der Waals surface area contributed by atoms with Crippen LogP contribution in [0, 0.1) is 6.92 Å². The lowest BCUT2D eigenvalue weighted by Crippen LogP contribution is -2.44. The van der Waals surface area contributed by atoms with Crippen LogP contribution in [0.2, 0.25) is 5.15 Å². The van der Waals surface area contributed by atoms with E-state index in [2.05, 4.69) is 23.0 Å². The zero-order valence-corrected chi connectivity index (χ0v) is 20.9. The molecular formula is C24H29ClN8O2. The lowest BCUT2D eigenvalue weighted by atomic mass is 10.1. The molecule has 6 heterocycles. The molecule has 0 radical (unpaired) electrons. The Hall–Kier alpha value is -2.95. The third kappa shape index (κ3) is 3.89. The van der Waals surface area contributed by atoms with Crippen molar-refractivity contribution in [3.05, 3.63) is 35.2 Å². The monoisotopic (exact) mass is 496 g/mol. The van der Waals surface area contributed by atoms with Gasteiger partial charge in [-0.3, -0.25) is 4.68 Å². The van der Waals surface area contributed by atoms with Gasteiger partial charge in [-0.1, -0.05) is 11.6 Å². The first-order valence-corrected chi connectivity index (χ1v) is 12.5. The Morgan fingerprint density at radius 2 is 2.00 bits per heavy atom. The van der Waals surface area contributed by atoms with E-state index in [0.717, 1.165) is 66.4 Å². The van der Waals surface area contributed by atoms with Gasteiger partial charge in [-0.25, -0.2) is 14.2 Å². The molecule has 11 heteroatoms. The van der Waals surface area contributed by atoms with E-state index in [9.17, 15) is 0 Å².